The monoisotopic (exact) mass is 282 g/mol. The van der Waals surface area contributed by atoms with Crippen molar-refractivity contribution in [1.82, 2.24) is 14.7 Å². The molecule has 7 nitrogen and oxygen atoms in total. The van der Waals surface area contributed by atoms with Crippen molar-refractivity contribution in [3.63, 3.8) is 0 Å². The number of carbonyl (C=O) groups excluding carboxylic acids is 1. The van der Waals surface area contributed by atoms with E-state index >= 15 is 0 Å². The number of carbonyl (C=O) groups is 2. The molecule has 0 bridgehead atoms. The van der Waals surface area contributed by atoms with E-state index < -0.39 is 11.9 Å². The molecule has 0 aliphatic heterocycles. The summed E-state index contributed by atoms with van der Waals surface area (Å²) in [7, 11) is 1.56. The van der Waals surface area contributed by atoms with E-state index in [1.807, 2.05) is 0 Å². The molecule has 112 valence electrons. The van der Waals surface area contributed by atoms with Crippen LogP contribution in [0, 0.1) is 11.8 Å². The SMILES string of the molecule is CC(C)Cn1cc(NC(=O)N(C)CC(C)C(=O)O)cn1. The maximum absolute atomic E-state index is 11.9. The molecule has 1 aromatic rings. The van der Waals surface area contributed by atoms with Crippen LogP contribution in [0.25, 0.3) is 0 Å². The van der Waals surface area contributed by atoms with Gasteiger partial charge in [-0.25, -0.2) is 4.79 Å². The molecular weight excluding hydrogens is 260 g/mol. The van der Waals surface area contributed by atoms with Gasteiger partial charge >= 0.3 is 12.0 Å². The number of hydrogen-bond acceptors (Lipinski definition) is 3. The van der Waals surface area contributed by atoms with E-state index in [2.05, 4.69) is 24.3 Å². The van der Waals surface area contributed by atoms with Crippen LogP contribution in [0.4, 0.5) is 10.5 Å². The number of amides is 2. The number of anilines is 1. The van der Waals surface area contributed by atoms with E-state index in [0.29, 0.717) is 11.6 Å². The minimum Gasteiger partial charge on any atom is -0.481 e. The molecule has 0 aromatic carbocycles. The van der Waals surface area contributed by atoms with Crippen LogP contribution in [-0.2, 0) is 11.3 Å². The summed E-state index contributed by atoms with van der Waals surface area (Å²) in [5, 5.41) is 15.7. The van der Waals surface area contributed by atoms with Crippen molar-refractivity contribution in [3.05, 3.63) is 12.4 Å². The summed E-state index contributed by atoms with van der Waals surface area (Å²) in [5.74, 6) is -1.05. The lowest BCUT2D eigenvalue weighted by atomic mass is 10.2. The average Bonchev–Trinajstić information content (AvgIpc) is 2.75. The van der Waals surface area contributed by atoms with E-state index in [0.717, 1.165) is 6.54 Å². The van der Waals surface area contributed by atoms with E-state index in [1.54, 1.807) is 31.0 Å². The maximum Gasteiger partial charge on any atom is 0.321 e. The first-order chi connectivity index (χ1) is 9.29. The molecule has 0 saturated carbocycles. The fourth-order valence-electron chi connectivity index (χ4n) is 1.69. The van der Waals surface area contributed by atoms with Gasteiger partial charge in [0.2, 0.25) is 0 Å². The van der Waals surface area contributed by atoms with Gasteiger partial charge in [-0.15, -0.1) is 0 Å². The number of carboxylic acids is 1. The Hall–Kier alpha value is -2.05. The van der Waals surface area contributed by atoms with Gasteiger partial charge in [-0.05, 0) is 5.92 Å². The number of aliphatic carboxylic acids is 1. The molecule has 0 fully saturated rings. The van der Waals surface area contributed by atoms with Crippen molar-refractivity contribution in [2.24, 2.45) is 11.8 Å². The molecule has 2 N–H and O–H groups in total. The molecule has 0 spiro atoms. The number of nitrogens with one attached hydrogen (secondary N) is 1. The summed E-state index contributed by atoms with van der Waals surface area (Å²) in [5.41, 5.74) is 0.602. The van der Waals surface area contributed by atoms with Crippen molar-refractivity contribution >= 4 is 17.7 Å². The van der Waals surface area contributed by atoms with Crippen LogP contribution < -0.4 is 5.32 Å². The number of carboxylic acid groups (broad SMARTS) is 1. The van der Waals surface area contributed by atoms with Gasteiger partial charge in [0.15, 0.2) is 0 Å². The Bertz CT molecular complexity index is 470. The third-order valence-electron chi connectivity index (χ3n) is 2.75. The standard InChI is InChI=1S/C13H22N4O3/c1-9(2)6-17-8-11(5-14-17)15-13(20)16(4)7-10(3)12(18)19/h5,8-10H,6-7H2,1-4H3,(H,15,20)(H,18,19). The number of aromatic nitrogens is 2. The second kappa shape index (κ2) is 6.93. The van der Waals surface area contributed by atoms with Gasteiger partial charge in [-0.3, -0.25) is 9.48 Å². The molecule has 0 aliphatic rings. The Morgan fingerprint density at radius 1 is 1.45 bits per heavy atom. The molecule has 0 saturated heterocycles. The summed E-state index contributed by atoms with van der Waals surface area (Å²) >= 11 is 0. The normalized spacial score (nSPS) is 12.2. The highest BCUT2D eigenvalue weighted by Gasteiger charge is 2.17. The first-order valence-electron chi connectivity index (χ1n) is 6.57. The first kappa shape index (κ1) is 16.0. The largest absolute Gasteiger partial charge is 0.481 e. The van der Waals surface area contributed by atoms with Gasteiger partial charge < -0.3 is 15.3 Å². The zero-order chi connectivity index (χ0) is 15.3. The Labute approximate surface area is 118 Å². The number of nitrogens with zero attached hydrogens (tertiary/aromatic N) is 3. The van der Waals surface area contributed by atoms with Crippen molar-refractivity contribution in [3.8, 4) is 0 Å². The number of rotatable bonds is 6. The van der Waals surface area contributed by atoms with Crippen LogP contribution in [0.2, 0.25) is 0 Å². The lowest BCUT2D eigenvalue weighted by molar-refractivity contribution is -0.141. The summed E-state index contributed by atoms with van der Waals surface area (Å²) in [6, 6.07) is -0.345. The predicted molar refractivity (Wildman–Crippen MR) is 75.5 cm³/mol. The van der Waals surface area contributed by atoms with E-state index in [1.165, 1.54) is 4.90 Å². The summed E-state index contributed by atoms with van der Waals surface area (Å²) < 4.78 is 1.76. The lowest BCUT2D eigenvalue weighted by Gasteiger charge is -2.19. The summed E-state index contributed by atoms with van der Waals surface area (Å²) in [6.45, 7) is 6.66. The Morgan fingerprint density at radius 2 is 2.10 bits per heavy atom. The molecule has 1 heterocycles. The number of hydrogen-bond donors (Lipinski definition) is 2. The van der Waals surface area contributed by atoms with Crippen LogP contribution in [-0.4, -0.2) is 45.4 Å². The fourth-order valence-corrected chi connectivity index (χ4v) is 1.69. The van der Waals surface area contributed by atoms with E-state index in [9.17, 15) is 9.59 Å². The molecule has 2 amide bonds. The van der Waals surface area contributed by atoms with E-state index in [-0.39, 0.29) is 12.6 Å². The van der Waals surface area contributed by atoms with E-state index in [4.69, 9.17) is 5.11 Å². The lowest BCUT2D eigenvalue weighted by Crippen LogP contribution is -2.36. The van der Waals surface area contributed by atoms with Crippen molar-refractivity contribution in [2.75, 3.05) is 18.9 Å². The van der Waals surface area contributed by atoms with Crippen LogP contribution >= 0.6 is 0 Å². The van der Waals surface area contributed by atoms with Gasteiger partial charge in [0.1, 0.15) is 0 Å². The predicted octanol–water partition coefficient (Wildman–Crippen LogP) is 1.72. The smallest absolute Gasteiger partial charge is 0.321 e. The molecule has 1 rings (SSSR count). The van der Waals surface area contributed by atoms with Crippen LogP contribution in [0.15, 0.2) is 12.4 Å². The highest BCUT2D eigenvalue weighted by atomic mass is 16.4. The Morgan fingerprint density at radius 3 is 2.65 bits per heavy atom. The van der Waals surface area contributed by atoms with Crippen LogP contribution in [0.1, 0.15) is 20.8 Å². The van der Waals surface area contributed by atoms with Crippen molar-refractivity contribution in [1.29, 1.82) is 0 Å². The second-order valence-electron chi connectivity index (χ2n) is 5.39. The molecule has 1 unspecified atom stereocenters. The minimum atomic E-state index is -0.922. The van der Waals surface area contributed by atoms with Crippen LogP contribution in [0.5, 0.6) is 0 Å². The molecule has 1 aromatic heterocycles. The Kier molecular flexibility index (Phi) is 5.54. The highest BCUT2D eigenvalue weighted by molar-refractivity contribution is 5.89. The molecule has 1 atom stereocenters. The average molecular weight is 282 g/mol. The maximum atomic E-state index is 11.9. The summed E-state index contributed by atoms with van der Waals surface area (Å²) in [4.78, 5) is 24.0. The highest BCUT2D eigenvalue weighted by Crippen LogP contribution is 2.08. The molecular formula is C13H22N4O3. The van der Waals surface area contributed by atoms with Crippen molar-refractivity contribution in [2.45, 2.75) is 27.3 Å². The zero-order valence-corrected chi connectivity index (χ0v) is 12.3. The molecule has 0 aliphatic carbocycles. The fraction of sp³-hybridized carbons (Fsp3) is 0.615. The third-order valence-corrected chi connectivity index (χ3v) is 2.75. The van der Waals surface area contributed by atoms with Gasteiger partial charge in [0.25, 0.3) is 0 Å². The molecule has 0 radical (unpaired) electrons. The van der Waals surface area contributed by atoms with Gasteiger partial charge in [0, 0.05) is 26.3 Å². The Balaban J connectivity index is 2.53. The summed E-state index contributed by atoms with van der Waals surface area (Å²) in [6.07, 6.45) is 3.33. The van der Waals surface area contributed by atoms with Gasteiger partial charge in [-0.1, -0.05) is 20.8 Å². The molecule has 7 heteroatoms. The zero-order valence-electron chi connectivity index (χ0n) is 12.3. The second-order valence-corrected chi connectivity index (χ2v) is 5.39. The van der Waals surface area contributed by atoms with Gasteiger partial charge in [0.05, 0.1) is 17.8 Å². The van der Waals surface area contributed by atoms with Crippen molar-refractivity contribution < 1.29 is 14.7 Å². The third kappa shape index (κ3) is 4.91. The topological polar surface area (TPSA) is 87.5 Å². The quantitative estimate of drug-likeness (QED) is 0.831. The minimum absolute atomic E-state index is 0.154. The van der Waals surface area contributed by atoms with Crippen LogP contribution in [0.3, 0.4) is 0 Å². The number of urea groups is 1. The first-order valence-corrected chi connectivity index (χ1v) is 6.57. The molecule has 20 heavy (non-hydrogen) atoms. The van der Waals surface area contributed by atoms with Gasteiger partial charge in [-0.2, -0.15) is 5.10 Å².